The van der Waals surface area contributed by atoms with E-state index >= 15 is 0 Å². The summed E-state index contributed by atoms with van der Waals surface area (Å²) in [5.41, 5.74) is 6.61. The normalized spacial score (nSPS) is 29.2. The van der Waals surface area contributed by atoms with Crippen LogP contribution < -0.4 is 10.8 Å². The maximum atomic E-state index is 11.8. The van der Waals surface area contributed by atoms with Gasteiger partial charge < -0.3 is 20.1 Å². The van der Waals surface area contributed by atoms with Crippen LogP contribution in [0.25, 0.3) is 0 Å². The molecular formula is C13H21Cl2N3O3S. The summed E-state index contributed by atoms with van der Waals surface area (Å²) in [5.74, 6) is -0.932. The fourth-order valence-corrected chi connectivity index (χ4v) is 4.69. The Hall–Kier alpha value is -0.470. The summed E-state index contributed by atoms with van der Waals surface area (Å²) in [5, 5.41) is 11.2. The zero-order chi connectivity index (χ0) is 14.5. The highest BCUT2D eigenvalue weighted by Gasteiger charge is 2.50. The van der Waals surface area contributed by atoms with E-state index in [0.29, 0.717) is 12.3 Å². The summed E-state index contributed by atoms with van der Waals surface area (Å²) < 4.78 is 0.853. The Morgan fingerprint density at radius 1 is 1.41 bits per heavy atom. The summed E-state index contributed by atoms with van der Waals surface area (Å²) in [6.45, 7) is 2.80. The summed E-state index contributed by atoms with van der Waals surface area (Å²) in [4.78, 5) is 24.6. The number of carboxylic acids is 1. The number of likely N-dealkylation sites (N-methyl/N-ethyl adjacent to an activating group) is 1. The number of thioether (sulfide) groups is 1. The van der Waals surface area contributed by atoms with Crippen LogP contribution in [0.5, 0.6) is 0 Å². The maximum Gasteiger partial charge on any atom is 0.248 e. The summed E-state index contributed by atoms with van der Waals surface area (Å²) in [6.07, 6.45) is 2.35. The van der Waals surface area contributed by atoms with E-state index < -0.39 is 12.0 Å². The fraction of sp³-hybridized carbons (Fsp3) is 0.692. The molecule has 0 aliphatic carbocycles. The average molecular weight is 370 g/mol. The standard InChI is InChI=1S/C13H19N3O3S.2ClH/c1-16(4-2-3-5-16)6-8-7-20-12-9(14)11(17)15(12)10(8)13(18)19;;/h9,12H,2-7,14H2,1H3;2*1H/t9?,12-;;/m0../s1. The number of rotatable bonds is 3. The molecule has 3 aliphatic rings. The number of nitrogens with two attached hydrogens (primary N) is 1. The molecule has 1 amide bonds. The number of fused-ring (bicyclic) bond motifs is 1. The first-order valence-corrected chi connectivity index (χ1v) is 7.95. The molecule has 0 aromatic heterocycles. The van der Waals surface area contributed by atoms with Gasteiger partial charge in [-0.25, -0.2) is 0 Å². The van der Waals surface area contributed by atoms with Crippen LogP contribution in [0.2, 0.25) is 0 Å². The number of likely N-dealkylation sites (tertiary alicyclic amines) is 1. The molecule has 9 heteroatoms. The SMILES string of the molecule is C[N+]1(CC2=C(C(=O)[O-])N3C(=O)C(N)[C@@H]3SC2)CCCC1.Cl.Cl. The third-order valence-corrected chi connectivity index (χ3v) is 5.86. The fourth-order valence-electron chi connectivity index (χ4n) is 3.41. The van der Waals surface area contributed by atoms with Crippen LogP contribution in [-0.2, 0) is 9.59 Å². The number of carbonyl (C=O) groups is 2. The number of aliphatic carboxylic acids is 1. The van der Waals surface area contributed by atoms with Crippen LogP contribution >= 0.6 is 36.6 Å². The Balaban J connectivity index is 0.00000121. The first-order valence-electron chi connectivity index (χ1n) is 6.90. The van der Waals surface area contributed by atoms with Crippen molar-refractivity contribution in [3.05, 3.63) is 11.3 Å². The van der Waals surface area contributed by atoms with Crippen molar-refractivity contribution in [1.29, 1.82) is 0 Å². The van der Waals surface area contributed by atoms with Gasteiger partial charge in [0, 0.05) is 24.2 Å². The molecule has 0 spiro atoms. The van der Waals surface area contributed by atoms with Gasteiger partial charge in [-0.3, -0.25) is 9.69 Å². The smallest absolute Gasteiger partial charge is 0.248 e. The molecule has 0 aromatic rings. The third-order valence-electron chi connectivity index (χ3n) is 4.50. The second-order valence-electron chi connectivity index (χ2n) is 6.11. The molecule has 0 saturated carbocycles. The van der Waals surface area contributed by atoms with Crippen molar-refractivity contribution in [3.8, 4) is 0 Å². The van der Waals surface area contributed by atoms with Crippen molar-refractivity contribution in [2.75, 3.05) is 32.4 Å². The molecule has 2 fully saturated rings. The van der Waals surface area contributed by atoms with Gasteiger partial charge >= 0.3 is 0 Å². The Bertz CT molecular complexity index is 509. The second-order valence-corrected chi connectivity index (χ2v) is 7.21. The van der Waals surface area contributed by atoms with Crippen LogP contribution in [0.1, 0.15) is 12.8 Å². The number of hydrogen-bond acceptors (Lipinski definition) is 5. The molecule has 0 aromatic carbocycles. The quantitative estimate of drug-likeness (QED) is 0.525. The summed E-state index contributed by atoms with van der Waals surface area (Å²) in [7, 11) is 2.15. The number of β-lactam (4-membered cyclic amide) rings is 1. The van der Waals surface area contributed by atoms with Crippen LogP contribution in [0.15, 0.2) is 11.3 Å². The van der Waals surface area contributed by atoms with Gasteiger partial charge in [0.15, 0.2) is 0 Å². The first kappa shape index (κ1) is 19.6. The molecule has 22 heavy (non-hydrogen) atoms. The van der Waals surface area contributed by atoms with Gasteiger partial charge in [0.05, 0.1) is 31.8 Å². The van der Waals surface area contributed by atoms with Crippen molar-refractivity contribution < 1.29 is 19.2 Å². The minimum absolute atomic E-state index is 0. The largest absolute Gasteiger partial charge is 0.543 e. The monoisotopic (exact) mass is 369 g/mol. The van der Waals surface area contributed by atoms with Crippen molar-refractivity contribution >= 4 is 48.5 Å². The van der Waals surface area contributed by atoms with Gasteiger partial charge in [0.2, 0.25) is 5.91 Å². The van der Waals surface area contributed by atoms with E-state index in [4.69, 9.17) is 5.73 Å². The third kappa shape index (κ3) is 3.10. The molecule has 2 atom stereocenters. The van der Waals surface area contributed by atoms with Gasteiger partial charge in [-0.2, -0.15) is 0 Å². The zero-order valence-corrected chi connectivity index (χ0v) is 14.8. The Labute approximate surface area is 146 Å². The minimum Gasteiger partial charge on any atom is -0.543 e. The molecule has 6 nitrogen and oxygen atoms in total. The highest BCUT2D eigenvalue weighted by Crippen LogP contribution is 2.40. The molecular weight excluding hydrogens is 349 g/mol. The first-order chi connectivity index (χ1) is 9.43. The van der Waals surface area contributed by atoms with E-state index in [-0.39, 0.29) is 41.8 Å². The molecule has 3 aliphatic heterocycles. The van der Waals surface area contributed by atoms with E-state index in [1.807, 2.05) is 0 Å². The number of hydrogen-bond donors (Lipinski definition) is 1. The minimum atomic E-state index is -1.25. The van der Waals surface area contributed by atoms with Crippen molar-refractivity contribution in [3.63, 3.8) is 0 Å². The summed E-state index contributed by atoms with van der Waals surface area (Å²) in [6, 6.07) is -0.576. The Kier molecular flexibility index (Phi) is 6.20. The van der Waals surface area contributed by atoms with Crippen LogP contribution in [0, 0.1) is 0 Å². The number of nitrogens with zero attached hydrogens (tertiary/aromatic N) is 2. The molecule has 3 heterocycles. The average Bonchev–Trinajstić information content (AvgIpc) is 2.83. The van der Waals surface area contributed by atoms with Gasteiger partial charge in [-0.1, -0.05) is 0 Å². The highest BCUT2D eigenvalue weighted by atomic mass is 35.5. The number of amides is 1. The van der Waals surface area contributed by atoms with Gasteiger partial charge in [0.25, 0.3) is 0 Å². The van der Waals surface area contributed by atoms with Crippen LogP contribution in [-0.4, -0.2) is 65.1 Å². The number of carbonyl (C=O) groups excluding carboxylic acids is 2. The van der Waals surface area contributed by atoms with Gasteiger partial charge in [-0.15, -0.1) is 36.6 Å². The van der Waals surface area contributed by atoms with E-state index in [0.717, 1.165) is 23.1 Å². The maximum absolute atomic E-state index is 11.8. The van der Waals surface area contributed by atoms with E-state index in [2.05, 4.69) is 7.05 Å². The Morgan fingerprint density at radius 2 is 2.00 bits per heavy atom. The van der Waals surface area contributed by atoms with E-state index in [1.165, 1.54) is 17.7 Å². The predicted molar refractivity (Wildman–Crippen MR) is 87.6 cm³/mol. The molecule has 1 unspecified atom stereocenters. The van der Waals surface area contributed by atoms with Crippen molar-refractivity contribution in [1.82, 2.24) is 4.90 Å². The molecule has 3 rings (SSSR count). The van der Waals surface area contributed by atoms with Crippen molar-refractivity contribution in [2.24, 2.45) is 5.73 Å². The molecule has 2 N–H and O–H groups in total. The van der Waals surface area contributed by atoms with Gasteiger partial charge in [0.1, 0.15) is 18.0 Å². The summed E-state index contributed by atoms with van der Waals surface area (Å²) >= 11 is 1.56. The Morgan fingerprint density at radius 3 is 2.55 bits per heavy atom. The number of halogens is 2. The van der Waals surface area contributed by atoms with E-state index in [1.54, 1.807) is 11.8 Å². The number of quaternary nitrogens is 1. The van der Waals surface area contributed by atoms with Crippen LogP contribution in [0.3, 0.4) is 0 Å². The number of carboxylic acid groups (broad SMARTS) is 1. The lowest BCUT2D eigenvalue weighted by Crippen LogP contribution is -2.69. The molecule has 2 saturated heterocycles. The van der Waals surface area contributed by atoms with Gasteiger partial charge in [-0.05, 0) is 0 Å². The molecule has 0 radical (unpaired) electrons. The van der Waals surface area contributed by atoms with Crippen LogP contribution in [0.4, 0.5) is 0 Å². The lowest BCUT2D eigenvalue weighted by Gasteiger charge is -2.50. The molecule has 126 valence electrons. The second kappa shape index (κ2) is 6.97. The van der Waals surface area contributed by atoms with E-state index in [9.17, 15) is 14.7 Å². The predicted octanol–water partition coefficient (Wildman–Crippen LogP) is -0.683. The molecule has 0 bridgehead atoms. The zero-order valence-electron chi connectivity index (χ0n) is 12.3. The van der Waals surface area contributed by atoms with Crippen molar-refractivity contribution in [2.45, 2.75) is 24.3 Å². The topological polar surface area (TPSA) is 86.5 Å². The highest BCUT2D eigenvalue weighted by molar-refractivity contribution is 8.00. The lowest BCUT2D eigenvalue weighted by atomic mass is 10.0. The lowest BCUT2D eigenvalue weighted by molar-refractivity contribution is -0.893.